The number of nitrogens with zero attached hydrogens (tertiary/aromatic N) is 4. The number of anilines is 1. The van der Waals surface area contributed by atoms with E-state index in [0.717, 1.165) is 0 Å². The monoisotopic (exact) mass is 491 g/mol. The van der Waals surface area contributed by atoms with Gasteiger partial charge in [0.15, 0.2) is 17.7 Å². The Kier molecular flexibility index (Phi) is 4.61. The summed E-state index contributed by atoms with van der Waals surface area (Å²) in [7, 11) is -5.12. The molecule has 1 aliphatic carbocycles. The van der Waals surface area contributed by atoms with E-state index in [1.165, 1.54) is 55.3 Å². The normalized spacial score (nSPS) is 30.6. The van der Waals surface area contributed by atoms with Crippen LogP contribution in [0.2, 0.25) is 0 Å². The molecule has 5 atom stereocenters. The quantitative estimate of drug-likeness (QED) is 0.273. The number of aliphatic hydroxyl groups is 2. The van der Waals surface area contributed by atoms with Crippen molar-refractivity contribution < 1.29 is 37.5 Å². The van der Waals surface area contributed by atoms with Gasteiger partial charge in [-0.05, 0) is 12.1 Å². The molecule has 1 unspecified atom stereocenters. The number of esters is 1. The van der Waals surface area contributed by atoms with Crippen LogP contribution >= 0.6 is 0 Å². The van der Waals surface area contributed by atoms with Crippen molar-refractivity contribution in [3.8, 4) is 0 Å². The van der Waals surface area contributed by atoms with E-state index in [9.17, 15) is 28.0 Å². The minimum Gasteiger partial charge on any atom is -0.437 e. The van der Waals surface area contributed by atoms with Crippen molar-refractivity contribution in [1.82, 2.24) is 19.5 Å². The van der Waals surface area contributed by atoms with Crippen LogP contribution in [0.4, 0.5) is 5.82 Å². The second kappa shape index (κ2) is 6.93. The highest BCUT2D eigenvalue weighted by atomic mass is 32.2. The lowest BCUT2D eigenvalue weighted by Crippen LogP contribution is -2.48. The SMILES string of the molecule is CC1(C)[C@]2(O)[C@H](n3cnc4c(N)ncnc43)O[C@H](C(OC(=O)c3ccccc3)S(=O)(=O)O)[C@]12O. The van der Waals surface area contributed by atoms with E-state index in [0.29, 0.717) is 0 Å². The predicted octanol–water partition coefficient (Wildman–Crippen LogP) is -0.121. The first-order valence-electron chi connectivity index (χ1n) is 10.1. The molecule has 5 N–H and O–H groups in total. The molecule has 1 saturated heterocycles. The van der Waals surface area contributed by atoms with Crippen LogP contribution in [0, 0.1) is 5.41 Å². The molecule has 0 bridgehead atoms. The van der Waals surface area contributed by atoms with E-state index in [1.54, 1.807) is 6.07 Å². The highest BCUT2D eigenvalue weighted by Crippen LogP contribution is 2.76. The van der Waals surface area contributed by atoms with Gasteiger partial charge >= 0.3 is 16.1 Å². The molecule has 3 heterocycles. The zero-order valence-electron chi connectivity index (χ0n) is 17.9. The molecule has 180 valence electrons. The predicted molar refractivity (Wildman–Crippen MR) is 115 cm³/mol. The number of hydrogen-bond acceptors (Lipinski definition) is 11. The Morgan fingerprint density at radius 3 is 2.50 bits per heavy atom. The molecule has 2 aromatic heterocycles. The first-order chi connectivity index (χ1) is 15.9. The average Bonchev–Trinajstić information content (AvgIpc) is 3.14. The Bertz CT molecular complexity index is 1410. The third-order valence-electron chi connectivity index (χ3n) is 6.88. The first kappa shape index (κ1) is 22.6. The van der Waals surface area contributed by atoms with E-state index >= 15 is 0 Å². The second-order valence-electron chi connectivity index (χ2n) is 8.80. The summed E-state index contributed by atoms with van der Waals surface area (Å²) in [4.78, 5) is 24.6. The van der Waals surface area contributed by atoms with Gasteiger partial charge in [0.05, 0.1) is 11.9 Å². The van der Waals surface area contributed by atoms with Crippen molar-refractivity contribution in [2.75, 3.05) is 5.73 Å². The molecule has 2 aliphatic rings. The minimum absolute atomic E-state index is 0.00999. The summed E-state index contributed by atoms with van der Waals surface area (Å²) in [6.45, 7) is 2.97. The topological polar surface area (TPSA) is 200 Å². The van der Waals surface area contributed by atoms with E-state index < -0.39 is 50.5 Å². The van der Waals surface area contributed by atoms with E-state index in [-0.39, 0.29) is 22.5 Å². The maximum absolute atomic E-state index is 12.6. The van der Waals surface area contributed by atoms with Crippen LogP contribution < -0.4 is 5.73 Å². The van der Waals surface area contributed by atoms with Crippen LogP contribution in [0.1, 0.15) is 30.4 Å². The molecule has 1 saturated carbocycles. The Morgan fingerprint density at radius 1 is 1.18 bits per heavy atom. The van der Waals surface area contributed by atoms with Gasteiger partial charge in [-0.2, -0.15) is 8.42 Å². The minimum atomic E-state index is -5.12. The fraction of sp³-hybridized carbons (Fsp3) is 0.400. The van der Waals surface area contributed by atoms with Gasteiger partial charge in [0, 0.05) is 5.41 Å². The van der Waals surface area contributed by atoms with Crippen molar-refractivity contribution in [1.29, 1.82) is 0 Å². The number of imidazole rings is 1. The number of carbonyl (C=O) groups is 1. The molecule has 1 aliphatic heterocycles. The lowest BCUT2D eigenvalue weighted by Gasteiger charge is -2.30. The van der Waals surface area contributed by atoms with Gasteiger partial charge in [-0.3, -0.25) is 9.12 Å². The summed E-state index contributed by atoms with van der Waals surface area (Å²) >= 11 is 0. The largest absolute Gasteiger partial charge is 0.437 e. The standard InChI is InChI=1S/C20H21N5O8S/c1-18(2)19(27)12(16(34(29,30)31)33-15(26)10-6-4-3-5-7-10)32-17(20(18,19)28)25-9-24-11-13(21)22-8-23-14(11)25/h3-9,12,16-17,27-28H,1-2H3,(H2,21,22,23)(H,29,30,31)/t12-,16?,17-,19+,20-/m1/s1. The van der Waals surface area contributed by atoms with E-state index in [4.69, 9.17) is 15.2 Å². The molecule has 0 radical (unpaired) electrons. The van der Waals surface area contributed by atoms with Gasteiger partial charge in [-0.15, -0.1) is 0 Å². The van der Waals surface area contributed by atoms with Crippen LogP contribution in [0.5, 0.6) is 0 Å². The van der Waals surface area contributed by atoms with Crippen LogP contribution in [0.3, 0.4) is 0 Å². The number of ether oxygens (including phenoxy) is 2. The maximum atomic E-state index is 12.6. The van der Waals surface area contributed by atoms with Crippen LogP contribution in [-0.4, -0.2) is 71.4 Å². The van der Waals surface area contributed by atoms with E-state index in [2.05, 4.69) is 15.0 Å². The number of nitrogens with two attached hydrogens (primary N) is 1. The van der Waals surface area contributed by atoms with Crippen molar-refractivity contribution in [3.05, 3.63) is 48.5 Å². The Morgan fingerprint density at radius 2 is 1.85 bits per heavy atom. The number of nitrogen functional groups attached to an aromatic ring is 1. The zero-order chi connectivity index (χ0) is 24.7. The third-order valence-corrected chi connectivity index (χ3v) is 7.81. The molecule has 0 spiro atoms. The van der Waals surface area contributed by atoms with Crippen molar-refractivity contribution in [2.24, 2.45) is 5.41 Å². The fourth-order valence-electron chi connectivity index (χ4n) is 4.90. The van der Waals surface area contributed by atoms with Crippen molar-refractivity contribution >= 4 is 33.1 Å². The molecule has 34 heavy (non-hydrogen) atoms. The number of benzene rings is 1. The highest BCUT2D eigenvalue weighted by molar-refractivity contribution is 7.86. The number of rotatable bonds is 5. The van der Waals surface area contributed by atoms with Crippen molar-refractivity contribution in [3.63, 3.8) is 0 Å². The maximum Gasteiger partial charge on any atom is 0.339 e. The molecule has 0 amide bonds. The second-order valence-corrected chi connectivity index (χ2v) is 10.3. The third kappa shape index (κ3) is 2.71. The lowest BCUT2D eigenvalue weighted by atomic mass is 10.0. The molecule has 3 aromatic rings. The van der Waals surface area contributed by atoms with Crippen LogP contribution in [0.25, 0.3) is 11.2 Å². The van der Waals surface area contributed by atoms with Gasteiger partial charge in [-0.1, -0.05) is 32.0 Å². The summed E-state index contributed by atoms with van der Waals surface area (Å²) in [5.41, 5.74) is -1.83. The molecular formula is C20H21N5O8S. The number of hydrogen-bond donors (Lipinski definition) is 4. The van der Waals surface area contributed by atoms with Gasteiger partial charge < -0.3 is 25.4 Å². The molecule has 5 rings (SSSR count). The summed E-state index contributed by atoms with van der Waals surface area (Å²) in [6.07, 6.45) is -0.874. The highest BCUT2D eigenvalue weighted by Gasteiger charge is 2.94. The lowest BCUT2D eigenvalue weighted by molar-refractivity contribution is -0.133. The van der Waals surface area contributed by atoms with Gasteiger partial charge in [-0.25, -0.2) is 19.7 Å². The van der Waals surface area contributed by atoms with Crippen LogP contribution in [-0.2, 0) is 19.6 Å². The summed E-state index contributed by atoms with van der Waals surface area (Å²) in [6, 6.07) is 7.48. The van der Waals surface area contributed by atoms with Gasteiger partial charge in [0.25, 0.3) is 5.44 Å². The van der Waals surface area contributed by atoms with Gasteiger partial charge in [0.2, 0.25) is 0 Å². The molecule has 14 heteroatoms. The smallest absolute Gasteiger partial charge is 0.339 e. The molecular weight excluding hydrogens is 470 g/mol. The Balaban J connectivity index is 1.58. The zero-order valence-corrected chi connectivity index (χ0v) is 18.7. The fourth-order valence-corrected chi connectivity index (χ4v) is 5.68. The van der Waals surface area contributed by atoms with Crippen molar-refractivity contribution in [2.45, 2.75) is 42.8 Å². The summed E-state index contributed by atoms with van der Waals surface area (Å²) < 4.78 is 46.7. The number of carbonyl (C=O) groups excluding carboxylic acids is 1. The Hall–Kier alpha value is -3.17. The average molecular weight is 491 g/mol. The first-order valence-corrected chi connectivity index (χ1v) is 11.6. The van der Waals surface area contributed by atoms with E-state index in [1.807, 2.05) is 0 Å². The number of fused-ring (bicyclic) bond motifs is 2. The molecule has 13 nitrogen and oxygen atoms in total. The Labute approximate surface area is 192 Å². The molecule has 2 fully saturated rings. The van der Waals surface area contributed by atoms with Crippen LogP contribution in [0.15, 0.2) is 43.0 Å². The van der Waals surface area contributed by atoms with Gasteiger partial charge in [0.1, 0.15) is 29.2 Å². The number of aromatic nitrogens is 4. The molecule has 1 aromatic carbocycles. The summed E-state index contributed by atoms with van der Waals surface area (Å²) in [5.74, 6) is -1.02. The summed E-state index contributed by atoms with van der Waals surface area (Å²) in [5, 5.41) is 23.0.